The van der Waals surface area contributed by atoms with E-state index in [1.807, 2.05) is 0 Å². The van der Waals surface area contributed by atoms with E-state index in [4.69, 9.17) is 5.73 Å². The summed E-state index contributed by atoms with van der Waals surface area (Å²) in [5.41, 5.74) is 6.87. The highest BCUT2D eigenvalue weighted by molar-refractivity contribution is 5.82. The van der Waals surface area contributed by atoms with E-state index in [-0.39, 0.29) is 0 Å². The molecule has 0 fully saturated rings. The Morgan fingerprint density at radius 3 is 2.50 bits per heavy atom. The molecule has 0 radical (unpaired) electrons. The first-order valence-corrected chi connectivity index (χ1v) is 5.08. The zero-order valence-corrected chi connectivity index (χ0v) is 8.24. The second-order valence-corrected chi connectivity index (χ2v) is 3.57. The van der Waals surface area contributed by atoms with Gasteiger partial charge in [0.2, 0.25) is 0 Å². The number of benzene rings is 2. The molecule has 72 valence electrons. The molecule has 14 heavy (non-hydrogen) atoms. The van der Waals surface area contributed by atoms with Crippen molar-refractivity contribution in [3.63, 3.8) is 0 Å². The maximum atomic E-state index is 5.49. The quantitative estimate of drug-likeness (QED) is 0.781. The van der Waals surface area contributed by atoms with E-state index in [0.717, 1.165) is 19.4 Å². The molecule has 0 aliphatic heterocycles. The molecule has 0 spiro atoms. The van der Waals surface area contributed by atoms with Crippen LogP contribution >= 0.6 is 0 Å². The Morgan fingerprint density at radius 2 is 1.71 bits per heavy atom. The Hall–Kier alpha value is -1.34. The third kappa shape index (κ3) is 1.94. The van der Waals surface area contributed by atoms with Crippen LogP contribution in [0.1, 0.15) is 12.0 Å². The van der Waals surface area contributed by atoms with Crippen molar-refractivity contribution >= 4 is 10.8 Å². The average molecular weight is 185 g/mol. The first kappa shape index (κ1) is 9.22. The van der Waals surface area contributed by atoms with Crippen molar-refractivity contribution in [2.75, 3.05) is 6.54 Å². The molecule has 0 aliphatic carbocycles. The highest BCUT2D eigenvalue weighted by Crippen LogP contribution is 2.16. The van der Waals surface area contributed by atoms with Crippen LogP contribution < -0.4 is 5.73 Å². The summed E-state index contributed by atoms with van der Waals surface area (Å²) < 4.78 is 0. The van der Waals surface area contributed by atoms with Crippen molar-refractivity contribution in [3.05, 3.63) is 48.0 Å². The summed E-state index contributed by atoms with van der Waals surface area (Å²) in [6, 6.07) is 15.1. The summed E-state index contributed by atoms with van der Waals surface area (Å²) in [7, 11) is 0. The molecule has 2 aromatic carbocycles. The van der Waals surface area contributed by atoms with Gasteiger partial charge in [-0.3, -0.25) is 0 Å². The SMILES string of the molecule is NCCCc1ccc2ccccc2c1. The Kier molecular flexibility index (Phi) is 2.80. The van der Waals surface area contributed by atoms with E-state index >= 15 is 0 Å². The highest BCUT2D eigenvalue weighted by atomic mass is 14.5. The molecule has 2 N–H and O–H groups in total. The number of fused-ring (bicyclic) bond motifs is 1. The van der Waals surface area contributed by atoms with E-state index in [9.17, 15) is 0 Å². The molecule has 2 rings (SSSR count). The van der Waals surface area contributed by atoms with Gasteiger partial charge in [-0.15, -0.1) is 0 Å². The van der Waals surface area contributed by atoms with Gasteiger partial charge >= 0.3 is 0 Å². The maximum absolute atomic E-state index is 5.49. The smallest absolute Gasteiger partial charge is 0.00741 e. The van der Waals surface area contributed by atoms with Crippen LogP contribution in [-0.2, 0) is 6.42 Å². The molecular formula is C13H15N. The van der Waals surface area contributed by atoms with Gasteiger partial charge in [-0.25, -0.2) is 0 Å². The van der Waals surface area contributed by atoms with Crippen LogP contribution in [-0.4, -0.2) is 6.54 Å². The molecule has 0 saturated carbocycles. The topological polar surface area (TPSA) is 26.0 Å². The van der Waals surface area contributed by atoms with Crippen LogP contribution in [0.2, 0.25) is 0 Å². The van der Waals surface area contributed by atoms with Crippen LogP contribution in [0.15, 0.2) is 42.5 Å². The highest BCUT2D eigenvalue weighted by Gasteiger charge is 1.95. The van der Waals surface area contributed by atoms with E-state index in [2.05, 4.69) is 42.5 Å². The summed E-state index contributed by atoms with van der Waals surface area (Å²) in [5.74, 6) is 0. The fourth-order valence-electron chi connectivity index (χ4n) is 1.70. The van der Waals surface area contributed by atoms with Gasteiger partial charge in [0.15, 0.2) is 0 Å². The molecule has 1 nitrogen and oxygen atoms in total. The summed E-state index contributed by atoms with van der Waals surface area (Å²) in [6.45, 7) is 0.771. The molecule has 0 aromatic heterocycles. The first-order chi connectivity index (χ1) is 6.90. The zero-order chi connectivity index (χ0) is 9.80. The second-order valence-electron chi connectivity index (χ2n) is 3.57. The lowest BCUT2D eigenvalue weighted by molar-refractivity contribution is 0.833. The molecule has 0 amide bonds. The van der Waals surface area contributed by atoms with Gasteiger partial charge < -0.3 is 5.73 Å². The second kappa shape index (κ2) is 4.25. The van der Waals surface area contributed by atoms with Crippen LogP contribution in [0.3, 0.4) is 0 Å². The predicted octanol–water partition coefficient (Wildman–Crippen LogP) is 2.73. The molecule has 0 atom stereocenters. The fraction of sp³-hybridized carbons (Fsp3) is 0.231. The number of nitrogens with two attached hydrogens (primary N) is 1. The average Bonchev–Trinajstić information content (AvgIpc) is 2.26. The summed E-state index contributed by atoms with van der Waals surface area (Å²) >= 11 is 0. The summed E-state index contributed by atoms with van der Waals surface area (Å²) in [4.78, 5) is 0. The lowest BCUT2D eigenvalue weighted by atomic mass is 10.0. The maximum Gasteiger partial charge on any atom is -0.00741 e. The molecule has 1 heteroatoms. The summed E-state index contributed by atoms with van der Waals surface area (Å²) in [5, 5.41) is 2.63. The molecule has 2 aromatic rings. The van der Waals surface area contributed by atoms with Gasteiger partial charge in [-0.2, -0.15) is 0 Å². The summed E-state index contributed by atoms with van der Waals surface area (Å²) in [6.07, 6.45) is 2.15. The third-order valence-corrected chi connectivity index (χ3v) is 2.48. The Bertz CT molecular complexity index is 420. The molecule has 0 aliphatic rings. The van der Waals surface area contributed by atoms with Crippen molar-refractivity contribution < 1.29 is 0 Å². The Labute approximate surface area is 84.5 Å². The predicted molar refractivity (Wildman–Crippen MR) is 61.3 cm³/mol. The van der Waals surface area contributed by atoms with E-state index in [0.29, 0.717) is 0 Å². The lowest BCUT2D eigenvalue weighted by Gasteiger charge is -2.02. The largest absolute Gasteiger partial charge is 0.330 e. The fourth-order valence-corrected chi connectivity index (χ4v) is 1.70. The van der Waals surface area contributed by atoms with Crippen molar-refractivity contribution in [3.8, 4) is 0 Å². The number of hydrogen-bond donors (Lipinski definition) is 1. The van der Waals surface area contributed by atoms with Gasteiger partial charge in [-0.05, 0) is 35.7 Å². The number of rotatable bonds is 3. The minimum absolute atomic E-state index is 0.771. The van der Waals surface area contributed by atoms with E-state index in [1.54, 1.807) is 0 Å². The van der Waals surface area contributed by atoms with Crippen LogP contribution in [0.25, 0.3) is 10.8 Å². The molecular weight excluding hydrogens is 170 g/mol. The van der Waals surface area contributed by atoms with Gasteiger partial charge in [0.25, 0.3) is 0 Å². The Morgan fingerprint density at radius 1 is 0.929 bits per heavy atom. The number of hydrogen-bond acceptors (Lipinski definition) is 1. The lowest BCUT2D eigenvalue weighted by Crippen LogP contribution is -2.00. The van der Waals surface area contributed by atoms with Crippen LogP contribution in [0.4, 0.5) is 0 Å². The van der Waals surface area contributed by atoms with Gasteiger partial charge in [0, 0.05) is 0 Å². The molecule has 0 saturated heterocycles. The standard InChI is InChI=1S/C13H15N/c14-9-3-4-11-7-8-12-5-1-2-6-13(12)10-11/h1-2,5-8,10H,3-4,9,14H2. The minimum atomic E-state index is 0.771. The van der Waals surface area contributed by atoms with Gasteiger partial charge in [0.05, 0.1) is 0 Å². The third-order valence-electron chi connectivity index (χ3n) is 2.48. The minimum Gasteiger partial charge on any atom is -0.330 e. The monoisotopic (exact) mass is 185 g/mol. The molecule has 0 bridgehead atoms. The van der Waals surface area contributed by atoms with Gasteiger partial charge in [-0.1, -0.05) is 42.5 Å². The van der Waals surface area contributed by atoms with Crippen molar-refractivity contribution in [1.82, 2.24) is 0 Å². The molecule has 0 heterocycles. The van der Waals surface area contributed by atoms with E-state index < -0.39 is 0 Å². The Balaban J connectivity index is 2.32. The van der Waals surface area contributed by atoms with Crippen molar-refractivity contribution in [1.29, 1.82) is 0 Å². The van der Waals surface area contributed by atoms with E-state index in [1.165, 1.54) is 16.3 Å². The normalized spacial score (nSPS) is 10.6. The first-order valence-electron chi connectivity index (χ1n) is 5.08. The van der Waals surface area contributed by atoms with Crippen LogP contribution in [0, 0.1) is 0 Å². The van der Waals surface area contributed by atoms with Crippen molar-refractivity contribution in [2.24, 2.45) is 5.73 Å². The zero-order valence-electron chi connectivity index (χ0n) is 8.24. The van der Waals surface area contributed by atoms with Crippen molar-refractivity contribution in [2.45, 2.75) is 12.8 Å². The van der Waals surface area contributed by atoms with Crippen LogP contribution in [0.5, 0.6) is 0 Å². The van der Waals surface area contributed by atoms with Gasteiger partial charge in [0.1, 0.15) is 0 Å². The number of aryl methyl sites for hydroxylation is 1. The molecule has 0 unspecified atom stereocenters.